The Hall–Kier alpha value is -0.890. The summed E-state index contributed by atoms with van der Waals surface area (Å²) in [6.07, 6.45) is 3.77. The second-order valence-corrected chi connectivity index (χ2v) is 3.79. The molecule has 0 bridgehead atoms. The van der Waals surface area contributed by atoms with Crippen LogP contribution in [-0.4, -0.2) is 17.5 Å². The standard InChI is InChI=1S/C10H14O2/c1-7-5-10(2,3)8(6-11)4-9(7)12/h4-6,9,12H,1-3H3/t9-/m0/s1. The fourth-order valence-corrected chi connectivity index (χ4v) is 1.45. The third-order valence-electron chi connectivity index (χ3n) is 2.26. The normalized spacial score (nSPS) is 27.5. The van der Waals surface area contributed by atoms with Crippen molar-refractivity contribution in [2.45, 2.75) is 26.9 Å². The first-order valence-electron chi connectivity index (χ1n) is 4.02. The highest BCUT2D eigenvalue weighted by atomic mass is 16.3. The van der Waals surface area contributed by atoms with Gasteiger partial charge in [0.15, 0.2) is 0 Å². The Labute approximate surface area is 72.6 Å². The number of aliphatic hydroxyl groups excluding tert-OH is 1. The lowest BCUT2D eigenvalue weighted by molar-refractivity contribution is -0.105. The number of hydrogen-bond donors (Lipinski definition) is 1. The third kappa shape index (κ3) is 1.48. The molecule has 2 heteroatoms. The largest absolute Gasteiger partial charge is 0.385 e. The molecule has 2 nitrogen and oxygen atoms in total. The van der Waals surface area contributed by atoms with Crippen molar-refractivity contribution < 1.29 is 9.90 Å². The number of carbonyl (C=O) groups excluding carboxylic acids is 1. The summed E-state index contributed by atoms with van der Waals surface area (Å²) in [7, 11) is 0. The molecule has 0 heterocycles. The molecule has 12 heavy (non-hydrogen) atoms. The molecule has 66 valence electrons. The lowest BCUT2D eigenvalue weighted by atomic mass is 9.78. The molecule has 1 aliphatic carbocycles. The van der Waals surface area contributed by atoms with Crippen molar-refractivity contribution in [3.8, 4) is 0 Å². The van der Waals surface area contributed by atoms with Crippen molar-refractivity contribution in [1.82, 2.24) is 0 Å². The molecule has 0 aromatic heterocycles. The van der Waals surface area contributed by atoms with Crippen molar-refractivity contribution >= 4 is 6.29 Å². The average molecular weight is 166 g/mol. The Morgan fingerprint density at radius 1 is 1.58 bits per heavy atom. The molecule has 0 amide bonds. The Balaban J connectivity index is 3.06. The van der Waals surface area contributed by atoms with E-state index in [9.17, 15) is 9.90 Å². The van der Waals surface area contributed by atoms with Gasteiger partial charge in [-0.2, -0.15) is 0 Å². The molecule has 0 saturated carbocycles. The number of carbonyl (C=O) groups is 1. The van der Waals surface area contributed by atoms with Gasteiger partial charge in [-0.05, 0) is 18.6 Å². The van der Waals surface area contributed by atoms with Crippen LogP contribution < -0.4 is 0 Å². The summed E-state index contributed by atoms with van der Waals surface area (Å²) >= 11 is 0. The van der Waals surface area contributed by atoms with Gasteiger partial charge in [-0.25, -0.2) is 0 Å². The number of aldehydes is 1. The fourth-order valence-electron chi connectivity index (χ4n) is 1.45. The van der Waals surface area contributed by atoms with E-state index >= 15 is 0 Å². The van der Waals surface area contributed by atoms with E-state index in [1.54, 1.807) is 6.08 Å². The van der Waals surface area contributed by atoms with Crippen LogP contribution in [0.15, 0.2) is 23.3 Å². The minimum Gasteiger partial charge on any atom is -0.385 e. The van der Waals surface area contributed by atoms with Gasteiger partial charge in [-0.15, -0.1) is 0 Å². The van der Waals surface area contributed by atoms with Crippen molar-refractivity contribution in [2.24, 2.45) is 5.41 Å². The van der Waals surface area contributed by atoms with Gasteiger partial charge in [0, 0.05) is 11.0 Å². The molecule has 1 aliphatic rings. The predicted molar refractivity (Wildman–Crippen MR) is 47.7 cm³/mol. The Bertz CT molecular complexity index is 259. The molecule has 0 spiro atoms. The highest BCUT2D eigenvalue weighted by molar-refractivity contribution is 5.77. The van der Waals surface area contributed by atoms with E-state index < -0.39 is 6.10 Å². The zero-order chi connectivity index (χ0) is 9.35. The SMILES string of the molecule is CC1=CC(C)(C)C(C=O)=C[C@@H]1O. The van der Waals surface area contributed by atoms with Gasteiger partial charge in [0.05, 0.1) is 6.10 Å². The molecule has 0 unspecified atom stereocenters. The van der Waals surface area contributed by atoms with Gasteiger partial charge in [0.25, 0.3) is 0 Å². The van der Waals surface area contributed by atoms with Crippen LogP contribution in [0.2, 0.25) is 0 Å². The zero-order valence-corrected chi connectivity index (χ0v) is 7.66. The Kier molecular flexibility index (Phi) is 2.20. The molecule has 1 atom stereocenters. The quantitative estimate of drug-likeness (QED) is 0.473. The van der Waals surface area contributed by atoms with Gasteiger partial charge < -0.3 is 5.11 Å². The summed E-state index contributed by atoms with van der Waals surface area (Å²) in [4.78, 5) is 10.6. The first kappa shape index (κ1) is 9.20. The minimum absolute atomic E-state index is 0.231. The van der Waals surface area contributed by atoms with Gasteiger partial charge in [0.2, 0.25) is 0 Å². The van der Waals surface area contributed by atoms with Crippen molar-refractivity contribution in [3.05, 3.63) is 23.3 Å². The molecule has 0 aromatic carbocycles. The molecule has 1 rings (SSSR count). The van der Waals surface area contributed by atoms with Crippen LogP contribution in [0.1, 0.15) is 20.8 Å². The van der Waals surface area contributed by atoms with Gasteiger partial charge in [0.1, 0.15) is 6.29 Å². The molecule has 0 fully saturated rings. The van der Waals surface area contributed by atoms with Crippen molar-refractivity contribution in [2.75, 3.05) is 0 Å². The highest BCUT2D eigenvalue weighted by Crippen LogP contribution is 2.33. The number of hydrogen-bond acceptors (Lipinski definition) is 2. The zero-order valence-electron chi connectivity index (χ0n) is 7.66. The van der Waals surface area contributed by atoms with E-state index in [0.29, 0.717) is 5.57 Å². The smallest absolute Gasteiger partial charge is 0.146 e. The monoisotopic (exact) mass is 166 g/mol. The molecule has 0 aliphatic heterocycles. The minimum atomic E-state index is -0.585. The van der Waals surface area contributed by atoms with Crippen LogP contribution >= 0.6 is 0 Å². The summed E-state index contributed by atoms with van der Waals surface area (Å²) in [5.41, 5.74) is 1.33. The van der Waals surface area contributed by atoms with Crippen LogP contribution in [0.5, 0.6) is 0 Å². The van der Waals surface area contributed by atoms with Crippen LogP contribution in [0.3, 0.4) is 0 Å². The van der Waals surface area contributed by atoms with E-state index in [1.807, 2.05) is 26.8 Å². The second kappa shape index (κ2) is 2.87. The molecule has 0 radical (unpaired) electrons. The Morgan fingerprint density at radius 2 is 2.17 bits per heavy atom. The predicted octanol–water partition coefficient (Wildman–Crippen LogP) is 1.46. The summed E-state index contributed by atoms with van der Waals surface area (Å²) in [6.45, 7) is 5.79. The van der Waals surface area contributed by atoms with Gasteiger partial charge >= 0.3 is 0 Å². The van der Waals surface area contributed by atoms with Gasteiger partial charge in [-0.3, -0.25) is 4.79 Å². The first-order chi connectivity index (χ1) is 5.47. The van der Waals surface area contributed by atoms with Crippen LogP contribution in [0.25, 0.3) is 0 Å². The maximum atomic E-state index is 10.6. The topological polar surface area (TPSA) is 37.3 Å². The average Bonchev–Trinajstić information content (AvgIpc) is 1.96. The van der Waals surface area contributed by atoms with Crippen LogP contribution in [0.4, 0.5) is 0 Å². The van der Waals surface area contributed by atoms with E-state index in [0.717, 1.165) is 11.9 Å². The molecule has 0 aromatic rings. The van der Waals surface area contributed by atoms with Gasteiger partial charge in [-0.1, -0.05) is 19.9 Å². The van der Waals surface area contributed by atoms with Crippen LogP contribution in [-0.2, 0) is 4.79 Å². The summed E-state index contributed by atoms with van der Waals surface area (Å²) in [5, 5.41) is 9.41. The first-order valence-corrected chi connectivity index (χ1v) is 4.02. The summed E-state index contributed by atoms with van der Waals surface area (Å²) in [5.74, 6) is 0. The van der Waals surface area contributed by atoms with Crippen molar-refractivity contribution in [3.63, 3.8) is 0 Å². The maximum absolute atomic E-state index is 10.6. The maximum Gasteiger partial charge on any atom is 0.146 e. The third-order valence-corrected chi connectivity index (χ3v) is 2.26. The molecule has 0 saturated heterocycles. The molecule has 1 N–H and O–H groups in total. The summed E-state index contributed by atoms with van der Waals surface area (Å²) < 4.78 is 0. The Morgan fingerprint density at radius 3 is 2.67 bits per heavy atom. The number of aliphatic hydroxyl groups is 1. The number of rotatable bonds is 1. The van der Waals surface area contributed by atoms with Crippen LogP contribution in [0, 0.1) is 5.41 Å². The second-order valence-electron chi connectivity index (χ2n) is 3.79. The van der Waals surface area contributed by atoms with Crippen molar-refractivity contribution in [1.29, 1.82) is 0 Å². The van der Waals surface area contributed by atoms with E-state index in [-0.39, 0.29) is 5.41 Å². The number of allylic oxidation sites excluding steroid dienone is 2. The lowest BCUT2D eigenvalue weighted by Gasteiger charge is -2.27. The summed E-state index contributed by atoms with van der Waals surface area (Å²) in [6, 6.07) is 0. The fraction of sp³-hybridized carbons (Fsp3) is 0.500. The van der Waals surface area contributed by atoms with E-state index in [2.05, 4.69) is 0 Å². The highest BCUT2D eigenvalue weighted by Gasteiger charge is 2.26. The molecular formula is C10H14O2. The van der Waals surface area contributed by atoms with E-state index in [4.69, 9.17) is 0 Å². The molecular weight excluding hydrogens is 152 g/mol. The van der Waals surface area contributed by atoms with E-state index in [1.165, 1.54) is 0 Å². The lowest BCUT2D eigenvalue weighted by Crippen LogP contribution is -2.22.